The molecule has 3 nitrogen and oxygen atoms in total. The van der Waals surface area contributed by atoms with Crippen LogP contribution in [0.2, 0.25) is 0 Å². The molecule has 0 aliphatic heterocycles. The van der Waals surface area contributed by atoms with Crippen LogP contribution in [0.1, 0.15) is 0 Å². The first-order valence-electron chi connectivity index (χ1n) is 2.69. The minimum absolute atomic E-state index is 0.122. The van der Waals surface area contributed by atoms with Gasteiger partial charge in [0, 0.05) is 12.1 Å². The van der Waals surface area contributed by atoms with Gasteiger partial charge in [-0.1, -0.05) is 0 Å². The average Bonchev–Trinajstić information content (AvgIpc) is 1.85. The number of anilines is 1. The minimum Gasteiger partial charge on any atom is -0.481 e. The lowest BCUT2D eigenvalue weighted by molar-refractivity contribution is 0.395. The molecule has 0 amide bonds. The van der Waals surface area contributed by atoms with Crippen LogP contribution in [-0.2, 0) is 0 Å². The average molecular weight is 142 g/mol. The predicted octanol–water partition coefficient (Wildman–Crippen LogP) is 0.812. The molecule has 54 valence electrons. The molecule has 0 radical (unpaired) electrons. The molecule has 0 unspecified atom stereocenters. The van der Waals surface area contributed by atoms with E-state index in [0.717, 1.165) is 12.1 Å². The Labute approximate surface area is 57.6 Å². The summed E-state index contributed by atoms with van der Waals surface area (Å²) in [6, 6.07) is 2.29. The highest BCUT2D eigenvalue weighted by molar-refractivity contribution is 5.32. The molecule has 0 atom stereocenters. The van der Waals surface area contributed by atoms with E-state index in [1.54, 1.807) is 0 Å². The Hall–Kier alpha value is -1.32. The monoisotopic (exact) mass is 142 g/mol. The molecule has 1 aromatic rings. The van der Waals surface area contributed by atoms with Gasteiger partial charge in [0.2, 0.25) is 5.88 Å². The molecular formula is C6H7FN2O. The second-order valence-corrected chi connectivity index (χ2v) is 1.75. The third-order valence-electron chi connectivity index (χ3n) is 0.996. The van der Waals surface area contributed by atoms with Crippen LogP contribution < -0.4 is 10.5 Å². The van der Waals surface area contributed by atoms with Crippen molar-refractivity contribution < 1.29 is 9.13 Å². The normalized spacial score (nSPS) is 9.40. The van der Waals surface area contributed by atoms with E-state index >= 15 is 0 Å². The zero-order valence-electron chi connectivity index (χ0n) is 5.47. The van der Waals surface area contributed by atoms with Crippen LogP contribution in [0.3, 0.4) is 0 Å². The quantitative estimate of drug-likeness (QED) is 0.631. The first-order valence-corrected chi connectivity index (χ1v) is 2.69. The number of methoxy groups -OCH3 is 1. The first kappa shape index (κ1) is 6.80. The largest absolute Gasteiger partial charge is 0.481 e. The fourth-order valence-corrected chi connectivity index (χ4v) is 0.597. The van der Waals surface area contributed by atoms with Crippen molar-refractivity contribution in [1.82, 2.24) is 4.98 Å². The van der Waals surface area contributed by atoms with E-state index in [2.05, 4.69) is 9.72 Å². The van der Waals surface area contributed by atoms with Gasteiger partial charge in [-0.2, -0.15) is 4.98 Å². The number of pyridine rings is 1. The van der Waals surface area contributed by atoms with Crippen molar-refractivity contribution >= 4 is 5.82 Å². The van der Waals surface area contributed by atoms with Gasteiger partial charge >= 0.3 is 0 Å². The van der Waals surface area contributed by atoms with E-state index in [1.165, 1.54) is 7.11 Å². The molecule has 0 saturated carbocycles. The maximum absolute atomic E-state index is 12.4. The lowest BCUT2D eigenvalue weighted by Crippen LogP contribution is -1.94. The Bertz CT molecular complexity index is 219. The number of aromatic nitrogens is 1. The van der Waals surface area contributed by atoms with Crippen molar-refractivity contribution in [1.29, 1.82) is 0 Å². The topological polar surface area (TPSA) is 48.1 Å². The Morgan fingerprint density at radius 2 is 2.30 bits per heavy atom. The molecule has 0 fully saturated rings. The SMILES string of the molecule is COc1cc(F)cc(N)n1. The number of halogens is 1. The summed E-state index contributed by atoms with van der Waals surface area (Å²) in [5.41, 5.74) is 5.20. The number of hydrogen-bond acceptors (Lipinski definition) is 3. The second kappa shape index (κ2) is 2.51. The smallest absolute Gasteiger partial charge is 0.217 e. The van der Waals surface area contributed by atoms with Crippen molar-refractivity contribution in [3.63, 3.8) is 0 Å². The fraction of sp³-hybridized carbons (Fsp3) is 0.167. The van der Waals surface area contributed by atoms with Crippen molar-refractivity contribution in [2.24, 2.45) is 0 Å². The van der Waals surface area contributed by atoms with Crippen LogP contribution in [0, 0.1) is 5.82 Å². The van der Waals surface area contributed by atoms with Gasteiger partial charge in [-0.15, -0.1) is 0 Å². The molecular weight excluding hydrogens is 135 g/mol. The summed E-state index contributed by atoms with van der Waals surface area (Å²) < 4.78 is 17.1. The molecule has 0 aliphatic carbocycles. The van der Waals surface area contributed by atoms with Crippen molar-refractivity contribution in [3.8, 4) is 5.88 Å². The lowest BCUT2D eigenvalue weighted by atomic mass is 10.4. The summed E-state index contributed by atoms with van der Waals surface area (Å²) in [6.45, 7) is 0. The summed E-state index contributed by atoms with van der Waals surface area (Å²) >= 11 is 0. The summed E-state index contributed by atoms with van der Waals surface area (Å²) in [7, 11) is 1.40. The highest BCUT2D eigenvalue weighted by atomic mass is 19.1. The summed E-state index contributed by atoms with van der Waals surface area (Å²) in [5, 5.41) is 0. The number of rotatable bonds is 1. The van der Waals surface area contributed by atoms with Gasteiger partial charge in [0.15, 0.2) is 0 Å². The molecule has 0 saturated heterocycles. The second-order valence-electron chi connectivity index (χ2n) is 1.75. The van der Waals surface area contributed by atoms with Gasteiger partial charge in [-0.3, -0.25) is 0 Å². The molecule has 1 rings (SSSR count). The zero-order chi connectivity index (χ0) is 7.56. The molecule has 1 heterocycles. The fourth-order valence-electron chi connectivity index (χ4n) is 0.597. The molecule has 1 aromatic heterocycles. The Morgan fingerprint density at radius 3 is 2.80 bits per heavy atom. The van der Waals surface area contributed by atoms with E-state index < -0.39 is 5.82 Å². The van der Waals surface area contributed by atoms with Crippen LogP contribution in [0.5, 0.6) is 5.88 Å². The zero-order valence-corrected chi connectivity index (χ0v) is 5.47. The molecule has 2 N–H and O–H groups in total. The highest BCUT2D eigenvalue weighted by Crippen LogP contribution is 2.11. The molecule has 0 bridgehead atoms. The highest BCUT2D eigenvalue weighted by Gasteiger charge is 1.97. The van der Waals surface area contributed by atoms with Gasteiger partial charge in [0.1, 0.15) is 11.6 Å². The number of nitrogens with zero attached hydrogens (tertiary/aromatic N) is 1. The van der Waals surface area contributed by atoms with Crippen LogP contribution >= 0.6 is 0 Å². The minimum atomic E-state index is -0.440. The number of hydrogen-bond donors (Lipinski definition) is 1. The van der Waals surface area contributed by atoms with E-state index in [0.29, 0.717) is 0 Å². The van der Waals surface area contributed by atoms with E-state index in [-0.39, 0.29) is 11.7 Å². The molecule has 4 heteroatoms. The van der Waals surface area contributed by atoms with Crippen LogP contribution in [-0.4, -0.2) is 12.1 Å². The molecule has 0 aromatic carbocycles. The Kier molecular flexibility index (Phi) is 1.71. The van der Waals surface area contributed by atoms with E-state index in [4.69, 9.17) is 5.73 Å². The van der Waals surface area contributed by atoms with E-state index in [9.17, 15) is 4.39 Å². The summed E-state index contributed by atoms with van der Waals surface area (Å²) in [5.74, 6) is -0.126. The van der Waals surface area contributed by atoms with Gasteiger partial charge in [0.05, 0.1) is 7.11 Å². The van der Waals surface area contributed by atoms with Gasteiger partial charge in [-0.05, 0) is 0 Å². The summed E-state index contributed by atoms with van der Waals surface area (Å²) in [6.07, 6.45) is 0. The van der Waals surface area contributed by atoms with Gasteiger partial charge < -0.3 is 10.5 Å². The van der Waals surface area contributed by atoms with Gasteiger partial charge in [-0.25, -0.2) is 4.39 Å². The van der Waals surface area contributed by atoms with Crippen LogP contribution in [0.15, 0.2) is 12.1 Å². The third kappa shape index (κ3) is 1.34. The van der Waals surface area contributed by atoms with Crippen LogP contribution in [0.4, 0.5) is 10.2 Å². The Morgan fingerprint density at radius 1 is 1.60 bits per heavy atom. The molecule has 10 heavy (non-hydrogen) atoms. The maximum Gasteiger partial charge on any atom is 0.217 e. The number of ether oxygens (including phenoxy) is 1. The van der Waals surface area contributed by atoms with Gasteiger partial charge in [0.25, 0.3) is 0 Å². The van der Waals surface area contributed by atoms with Crippen molar-refractivity contribution in [2.75, 3.05) is 12.8 Å². The van der Waals surface area contributed by atoms with Crippen LogP contribution in [0.25, 0.3) is 0 Å². The predicted molar refractivity (Wildman–Crippen MR) is 35.2 cm³/mol. The third-order valence-corrected chi connectivity index (χ3v) is 0.996. The Balaban J connectivity index is 3.06. The molecule has 0 aliphatic rings. The number of nitrogen functional groups attached to an aromatic ring is 1. The maximum atomic E-state index is 12.4. The van der Waals surface area contributed by atoms with Crippen molar-refractivity contribution in [3.05, 3.63) is 17.9 Å². The summed E-state index contributed by atoms with van der Waals surface area (Å²) in [4.78, 5) is 3.67. The standard InChI is InChI=1S/C6H7FN2O/c1-10-6-3-4(7)2-5(8)9-6/h2-3H,1H3,(H2,8,9). The lowest BCUT2D eigenvalue weighted by Gasteiger charge is -1.98. The van der Waals surface area contributed by atoms with E-state index in [1.807, 2.05) is 0 Å². The first-order chi connectivity index (χ1) is 4.72. The number of nitrogens with two attached hydrogens (primary N) is 1. The van der Waals surface area contributed by atoms with Crippen molar-refractivity contribution in [2.45, 2.75) is 0 Å². The molecule has 0 spiro atoms.